The number of quaternary nitrogens is 1. The lowest BCUT2D eigenvalue weighted by atomic mass is 10.1. The van der Waals surface area contributed by atoms with Crippen LogP contribution in [0, 0.1) is 0 Å². The van der Waals surface area contributed by atoms with Gasteiger partial charge in [0.1, 0.15) is 0 Å². The minimum atomic E-state index is 1.14. The Labute approximate surface area is 116 Å². The summed E-state index contributed by atoms with van der Waals surface area (Å²) in [4.78, 5) is 0. The van der Waals surface area contributed by atoms with E-state index in [-0.39, 0.29) is 0 Å². The van der Waals surface area contributed by atoms with E-state index in [0.29, 0.717) is 0 Å². The summed E-state index contributed by atoms with van der Waals surface area (Å²) in [6, 6.07) is 0. The van der Waals surface area contributed by atoms with Gasteiger partial charge in [0.05, 0.1) is 26.2 Å². The molecule has 0 heterocycles. The molecule has 0 unspecified atom stereocenters. The topological polar surface area (TPSA) is 0 Å². The number of nitrogens with zero attached hydrogens (tertiary/aromatic N) is 1. The molecule has 0 aromatic heterocycles. The molecular formula is C17H36N+. The van der Waals surface area contributed by atoms with Gasteiger partial charge in [-0.3, -0.25) is 0 Å². The highest BCUT2D eigenvalue weighted by molar-refractivity contribution is 4.65. The quantitative estimate of drug-likeness (QED) is 0.242. The van der Waals surface area contributed by atoms with Gasteiger partial charge in [0, 0.05) is 0 Å². The Morgan fingerprint density at radius 3 is 1.72 bits per heavy atom. The van der Waals surface area contributed by atoms with Gasteiger partial charge in [0.25, 0.3) is 0 Å². The lowest BCUT2D eigenvalue weighted by molar-refractivity contribution is -0.919. The molecule has 0 amide bonds. The van der Waals surface area contributed by atoms with Gasteiger partial charge in [-0.1, -0.05) is 52.0 Å². The van der Waals surface area contributed by atoms with Crippen molar-refractivity contribution >= 4 is 0 Å². The van der Waals surface area contributed by atoms with Crippen LogP contribution in [0.3, 0.4) is 0 Å². The first kappa shape index (κ1) is 17.7. The van der Waals surface area contributed by atoms with Gasteiger partial charge in [-0.2, -0.15) is 0 Å². The van der Waals surface area contributed by atoms with Crippen molar-refractivity contribution in [3.8, 4) is 0 Å². The van der Waals surface area contributed by atoms with Crippen LogP contribution in [0.1, 0.15) is 72.1 Å². The second-order valence-corrected chi connectivity index (χ2v) is 5.64. The first-order chi connectivity index (χ1) is 8.74. The van der Waals surface area contributed by atoms with E-state index in [1.54, 1.807) is 0 Å². The average molecular weight is 254 g/mol. The van der Waals surface area contributed by atoms with Crippen LogP contribution in [0.15, 0.2) is 12.7 Å². The number of hydrogen-bond acceptors (Lipinski definition) is 0. The fraction of sp³-hybridized carbons (Fsp3) is 0.882. The molecule has 0 aliphatic rings. The molecule has 0 bridgehead atoms. The number of hydrogen-bond donors (Lipinski definition) is 0. The van der Waals surface area contributed by atoms with Crippen LogP contribution in [0.4, 0.5) is 0 Å². The summed E-state index contributed by atoms with van der Waals surface area (Å²) in [5.74, 6) is 0. The molecule has 0 N–H and O–H groups in total. The zero-order valence-electron chi connectivity index (χ0n) is 13.2. The number of rotatable bonds is 13. The SMILES string of the molecule is C=CC[N+](CC)(CC)CCCCCCCCCC. The van der Waals surface area contributed by atoms with E-state index < -0.39 is 0 Å². The van der Waals surface area contributed by atoms with Crippen molar-refractivity contribution in [2.75, 3.05) is 26.2 Å². The third-order valence-corrected chi connectivity index (χ3v) is 4.34. The van der Waals surface area contributed by atoms with Crippen molar-refractivity contribution in [1.29, 1.82) is 0 Å². The number of likely N-dealkylation sites (N-methyl/N-ethyl adjacent to an activating group) is 1. The Bertz CT molecular complexity index is 182. The van der Waals surface area contributed by atoms with E-state index >= 15 is 0 Å². The van der Waals surface area contributed by atoms with Crippen LogP contribution in [0.2, 0.25) is 0 Å². The Morgan fingerprint density at radius 1 is 0.778 bits per heavy atom. The van der Waals surface area contributed by atoms with E-state index in [0.717, 1.165) is 6.54 Å². The second kappa shape index (κ2) is 11.8. The van der Waals surface area contributed by atoms with Gasteiger partial charge in [0.15, 0.2) is 0 Å². The molecule has 0 saturated heterocycles. The highest BCUT2D eigenvalue weighted by Crippen LogP contribution is 2.13. The van der Waals surface area contributed by atoms with Crippen LogP contribution in [-0.4, -0.2) is 30.7 Å². The van der Waals surface area contributed by atoms with Gasteiger partial charge in [-0.05, 0) is 32.8 Å². The van der Waals surface area contributed by atoms with E-state index in [2.05, 4.69) is 33.4 Å². The maximum Gasteiger partial charge on any atom is 0.0970 e. The van der Waals surface area contributed by atoms with Crippen LogP contribution < -0.4 is 0 Å². The normalized spacial score (nSPS) is 11.7. The van der Waals surface area contributed by atoms with Gasteiger partial charge < -0.3 is 4.48 Å². The summed E-state index contributed by atoms with van der Waals surface area (Å²) in [5.41, 5.74) is 0. The summed E-state index contributed by atoms with van der Waals surface area (Å²) < 4.78 is 1.24. The van der Waals surface area contributed by atoms with Gasteiger partial charge in [-0.15, -0.1) is 0 Å². The maximum atomic E-state index is 3.91. The van der Waals surface area contributed by atoms with E-state index in [9.17, 15) is 0 Å². The Kier molecular flexibility index (Phi) is 11.6. The fourth-order valence-electron chi connectivity index (χ4n) is 2.74. The highest BCUT2D eigenvalue weighted by Gasteiger charge is 2.20. The molecule has 0 aliphatic heterocycles. The zero-order chi connectivity index (χ0) is 13.7. The van der Waals surface area contributed by atoms with Crippen molar-refractivity contribution in [3.63, 3.8) is 0 Å². The molecule has 0 aromatic carbocycles. The minimum absolute atomic E-state index is 1.14. The average Bonchev–Trinajstić information content (AvgIpc) is 2.40. The maximum absolute atomic E-state index is 3.91. The summed E-state index contributed by atoms with van der Waals surface area (Å²) in [6.07, 6.45) is 13.5. The smallest absolute Gasteiger partial charge is 0.0970 e. The van der Waals surface area contributed by atoms with Crippen LogP contribution >= 0.6 is 0 Å². The minimum Gasteiger partial charge on any atom is -0.321 e. The highest BCUT2D eigenvalue weighted by atomic mass is 15.3. The number of unbranched alkanes of at least 4 members (excludes halogenated alkanes) is 7. The van der Waals surface area contributed by atoms with Gasteiger partial charge in [0.2, 0.25) is 0 Å². The molecule has 0 fully saturated rings. The van der Waals surface area contributed by atoms with Crippen LogP contribution in [-0.2, 0) is 0 Å². The zero-order valence-corrected chi connectivity index (χ0v) is 13.2. The lowest BCUT2D eigenvalue weighted by Gasteiger charge is -2.36. The lowest BCUT2D eigenvalue weighted by Crippen LogP contribution is -2.48. The largest absolute Gasteiger partial charge is 0.321 e. The summed E-state index contributed by atoms with van der Waals surface area (Å²) in [5, 5.41) is 0. The van der Waals surface area contributed by atoms with E-state index in [1.165, 1.54) is 75.5 Å². The van der Waals surface area contributed by atoms with E-state index in [1.807, 2.05) is 0 Å². The van der Waals surface area contributed by atoms with Crippen molar-refractivity contribution < 1.29 is 4.48 Å². The first-order valence-electron chi connectivity index (χ1n) is 8.20. The molecule has 1 heteroatoms. The molecular weight excluding hydrogens is 218 g/mol. The standard InChI is InChI=1S/C17H36N/c1-5-9-10-11-12-13-14-15-17-18(7-3,8-4)16-6-2/h6H,2,5,7-17H2,1,3-4H3/q+1. The van der Waals surface area contributed by atoms with Gasteiger partial charge >= 0.3 is 0 Å². The van der Waals surface area contributed by atoms with Crippen molar-refractivity contribution in [2.24, 2.45) is 0 Å². The molecule has 0 rings (SSSR count). The molecule has 0 spiro atoms. The first-order valence-corrected chi connectivity index (χ1v) is 8.20. The molecule has 108 valence electrons. The van der Waals surface area contributed by atoms with Crippen LogP contribution in [0.5, 0.6) is 0 Å². The van der Waals surface area contributed by atoms with Crippen molar-refractivity contribution in [3.05, 3.63) is 12.7 Å². The predicted octanol–water partition coefficient (Wildman–Crippen LogP) is 5.17. The molecule has 0 saturated carbocycles. The second-order valence-electron chi connectivity index (χ2n) is 5.64. The predicted molar refractivity (Wildman–Crippen MR) is 83.9 cm³/mol. The monoisotopic (exact) mass is 254 g/mol. The molecule has 0 aromatic rings. The molecule has 0 aliphatic carbocycles. The summed E-state index contributed by atoms with van der Waals surface area (Å²) >= 11 is 0. The summed E-state index contributed by atoms with van der Waals surface area (Å²) in [7, 11) is 0. The van der Waals surface area contributed by atoms with Crippen LogP contribution in [0.25, 0.3) is 0 Å². The molecule has 0 atom stereocenters. The molecule has 1 nitrogen and oxygen atoms in total. The molecule has 18 heavy (non-hydrogen) atoms. The fourth-order valence-corrected chi connectivity index (χ4v) is 2.74. The molecule has 0 radical (unpaired) electrons. The summed E-state index contributed by atoms with van der Waals surface area (Å²) in [6.45, 7) is 15.8. The Morgan fingerprint density at radius 2 is 1.28 bits per heavy atom. The van der Waals surface area contributed by atoms with E-state index in [4.69, 9.17) is 0 Å². The van der Waals surface area contributed by atoms with Crippen molar-refractivity contribution in [1.82, 2.24) is 0 Å². The van der Waals surface area contributed by atoms with Gasteiger partial charge in [-0.25, -0.2) is 0 Å². The third kappa shape index (κ3) is 7.92. The Balaban J connectivity index is 3.58. The third-order valence-electron chi connectivity index (χ3n) is 4.34. The van der Waals surface area contributed by atoms with Crippen molar-refractivity contribution in [2.45, 2.75) is 72.1 Å². The Hall–Kier alpha value is -0.300.